The van der Waals surface area contributed by atoms with Crippen molar-refractivity contribution in [1.29, 1.82) is 0 Å². The normalized spacial score (nSPS) is 24.3. The summed E-state index contributed by atoms with van der Waals surface area (Å²) in [5, 5.41) is 9.00. The number of aliphatic hydroxyl groups is 1. The Kier molecular flexibility index (Phi) is 3.54. The van der Waals surface area contributed by atoms with Crippen LogP contribution in [-0.4, -0.2) is 36.5 Å². The molecule has 0 amide bonds. The average Bonchev–Trinajstić information content (AvgIpc) is 2.77. The number of carbonyl (C=O) groups excluding carboxylic acids is 1. The molecule has 1 aromatic carbocycles. The molecule has 0 spiro atoms. The third kappa shape index (κ3) is 2.40. The first-order chi connectivity index (χ1) is 7.81. The van der Waals surface area contributed by atoms with Gasteiger partial charge in [-0.05, 0) is 12.1 Å². The molecule has 1 aromatic rings. The minimum atomic E-state index is -0.382. The molecule has 0 aliphatic carbocycles. The standard InChI is InChI=1S/C12H14O4/c13-8-11-10(6-7-15-11)16-12(14)9-4-2-1-3-5-9/h1-5,10-11,13H,6-8H2/t10-,11-/m0/s1. The van der Waals surface area contributed by atoms with Crippen molar-refractivity contribution in [2.45, 2.75) is 18.6 Å². The summed E-state index contributed by atoms with van der Waals surface area (Å²) in [5.74, 6) is -0.366. The van der Waals surface area contributed by atoms with E-state index in [0.717, 1.165) is 0 Å². The van der Waals surface area contributed by atoms with Crippen molar-refractivity contribution in [2.24, 2.45) is 0 Å². The van der Waals surface area contributed by atoms with E-state index < -0.39 is 0 Å². The molecule has 1 N–H and O–H groups in total. The molecular weight excluding hydrogens is 208 g/mol. The van der Waals surface area contributed by atoms with E-state index in [9.17, 15) is 4.79 Å². The third-order valence-corrected chi connectivity index (χ3v) is 2.60. The van der Waals surface area contributed by atoms with Gasteiger partial charge >= 0.3 is 5.97 Å². The average molecular weight is 222 g/mol. The molecule has 1 fully saturated rings. The van der Waals surface area contributed by atoms with Gasteiger partial charge in [-0.25, -0.2) is 4.79 Å². The minimum absolute atomic E-state index is 0.118. The third-order valence-electron chi connectivity index (χ3n) is 2.60. The molecule has 0 bridgehead atoms. The Morgan fingerprint density at radius 3 is 2.88 bits per heavy atom. The topological polar surface area (TPSA) is 55.8 Å². The highest BCUT2D eigenvalue weighted by Crippen LogP contribution is 2.18. The zero-order valence-electron chi connectivity index (χ0n) is 8.83. The number of carbonyl (C=O) groups is 1. The van der Waals surface area contributed by atoms with Crippen LogP contribution in [0.15, 0.2) is 30.3 Å². The molecule has 0 aromatic heterocycles. The predicted molar refractivity (Wildman–Crippen MR) is 57.1 cm³/mol. The van der Waals surface area contributed by atoms with Crippen molar-refractivity contribution < 1.29 is 19.4 Å². The summed E-state index contributed by atoms with van der Waals surface area (Å²) in [6.07, 6.45) is -0.0746. The van der Waals surface area contributed by atoms with Crippen LogP contribution >= 0.6 is 0 Å². The van der Waals surface area contributed by atoms with Crippen LogP contribution in [0.2, 0.25) is 0 Å². The molecule has 1 saturated heterocycles. The summed E-state index contributed by atoms with van der Waals surface area (Å²) < 4.78 is 10.5. The summed E-state index contributed by atoms with van der Waals surface area (Å²) in [6, 6.07) is 8.81. The van der Waals surface area contributed by atoms with Gasteiger partial charge in [-0.1, -0.05) is 18.2 Å². The second kappa shape index (κ2) is 5.09. The van der Waals surface area contributed by atoms with Gasteiger partial charge in [-0.2, -0.15) is 0 Å². The van der Waals surface area contributed by atoms with Gasteiger partial charge in [0.05, 0.1) is 18.8 Å². The van der Waals surface area contributed by atoms with Gasteiger partial charge in [0.15, 0.2) is 0 Å². The van der Waals surface area contributed by atoms with Gasteiger partial charge in [-0.15, -0.1) is 0 Å². The summed E-state index contributed by atoms with van der Waals surface area (Å²) in [5.41, 5.74) is 0.520. The predicted octanol–water partition coefficient (Wildman–Crippen LogP) is 0.993. The number of hydrogen-bond donors (Lipinski definition) is 1. The fraction of sp³-hybridized carbons (Fsp3) is 0.417. The monoisotopic (exact) mass is 222 g/mol. The lowest BCUT2D eigenvalue weighted by Gasteiger charge is -2.16. The van der Waals surface area contributed by atoms with Crippen molar-refractivity contribution in [2.75, 3.05) is 13.2 Å². The molecule has 0 unspecified atom stereocenters. The van der Waals surface area contributed by atoms with Crippen molar-refractivity contribution in [3.8, 4) is 0 Å². The van der Waals surface area contributed by atoms with Gasteiger partial charge in [-0.3, -0.25) is 0 Å². The van der Waals surface area contributed by atoms with Crippen LogP contribution in [-0.2, 0) is 9.47 Å². The fourth-order valence-electron chi connectivity index (χ4n) is 1.71. The molecule has 1 aliphatic heterocycles. The maximum atomic E-state index is 11.7. The number of benzene rings is 1. The van der Waals surface area contributed by atoms with E-state index >= 15 is 0 Å². The van der Waals surface area contributed by atoms with Gasteiger partial charge in [0.25, 0.3) is 0 Å². The number of rotatable bonds is 3. The number of hydrogen-bond acceptors (Lipinski definition) is 4. The van der Waals surface area contributed by atoms with E-state index in [1.165, 1.54) is 0 Å². The Morgan fingerprint density at radius 1 is 1.44 bits per heavy atom. The molecule has 0 saturated carbocycles. The number of aliphatic hydroxyl groups excluding tert-OH is 1. The maximum absolute atomic E-state index is 11.7. The Morgan fingerprint density at radius 2 is 2.19 bits per heavy atom. The van der Waals surface area contributed by atoms with Crippen molar-refractivity contribution in [3.63, 3.8) is 0 Å². The lowest BCUT2D eigenvalue weighted by molar-refractivity contribution is -0.0188. The van der Waals surface area contributed by atoms with Gasteiger partial charge in [0.2, 0.25) is 0 Å². The van der Waals surface area contributed by atoms with Crippen LogP contribution in [0.25, 0.3) is 0 Å². The first kappa shape index (κ1) is 11.1. The van der Waals surface area contributed by atoms with Crippen LogP contribution in [0.3, 0.4) is 0 Å². The molecule has 1 aliphatic rings. The van der Waals surface area contributed by atoms with Crippen LogP contribution in [0.5, 0.6) is 0 Å². The lowest BCUT2D eigenvalue weighted by atomic mass is 10.2. The molecule has 2 rings (SSSR count). The van der Waals surface area contributed by atoms with Crippen LogP contribution < -0.4 is 0 Å². The molecule has 4 nitrogen and oxygen atoms in total. The number of esters is 1. The van der Waals surface area contributed by atoms with E-state index in [1.807, 2.05) is 6.07 Å². The van der Waals surface area contributed by atoms with E-state index in [4.69, 9.17) is 14.6 Å². The van der Waals surface area contributed by atoms with Gasteiger partial charge in [0, 0.05) is 6.42 Å². The Balaban J connectivity index is 1.97. The zero-order chi connectivity index (χ0) is 11.4. The second-order valence-electron chi connectivity index (χ2n) is 3.69. The summed E-state index contributed by atoms with van der Waals surface area (Å²) in [7, 11) is 0. The van der Waals surface area contributed by atoms with Gasteiger partial charge in [0.1, 0.15) is 12.2 Å². The molecule has 86 valence electrons. The highest BCUT2D eigenvalue weighted by molar-refractivity contribution is 5.89. The molecular formula is C12H14O4. The Bertz CT molecular complexity index is 349. The fourth-order valence-corrected chi connectivity index (χ4v) is 1.71. The van der Waals surface area contributed by atoms with Crippen molar-refractivity contribution in [3.05, 3.63) is 35.9 Å². The summed E-state index contributed by atoms with van der Waals surface area (Å²) >= 11 is 0. The van der Waals surface area contributed by atoms with E-state index in [-0.39, 0.29) is 24.8 Å². The van der Waals surface area contributed by atoms with Crippen LogP contribution in [0, 0.1) is 0 Å². The summed E-state index contributed by atoms with van der Waals surface area (Å²) in [4.78, 5) is 11.7. The minimum Gasteiger partial charge on any atom is -0.456 e. The number of ether oxygens (including phenoxy) is 2. The SMILES string of the molecule is O=C(O[C@H]1CCO[C@H]1CO)c1ccccc1. The Labute approximate surface area is 93.8 Å². The van der Waals surface area contributed by atoms with Crippen LogP contribution in [0.4, 0.5) is 0 Å². The molecule has 16 heavy (non-hydrogen) atoms. The van der Waals surface area contributed by atoms with E-state index in [0.29, 0.717) is 18.6 Å². The second-order valence-corrected chi connectivity index (χ2v) is 3.69. The summed E-state index contributed by atoms with van der Waals surface area (Å²) in [6.45, 7) is 0.407. The zero-order valence-corrected chi connectivity index (χ0v) is 8.83. The largest absolute Gasteiger partial charge is 0.456 e. The highest BCUT2D eigenvalue weighted by Gasteiger charge is 2.31. The highest BCUT2D eigenvalue weighted by atomic mass is 16.6. The van der Waals surface area contributed by atoms with E-state index in [1.54, 1.807) is 24.3 Å². The Hall–Kier alpha value is -1.39. The lowest BCUT2D eigenvalue weighted by Crippen LogP contribution is -2.30. The quantitative estimate of drug-likeness (QED) is 0.775. The smallest absolute Gasteiger partial charge is 0.338 e. The van der Waals surface area contributed by atoms with Gasteiger partial charge < -0.3 is 14.6 Å². The molecule has 4 heteroatoms. The van der Waals surface area contributed by atoms with Crippen molar-refractivity contribution in [1.82, 2.24) is 0 Å². The maximum Gasteiger partial charge on any atom is 0.338 e. The molecule has 0 radical (unpaired) electrons. The van der Waals surface area contributed by atoms with Crippen molar-refractivity contribution >= 4 is 5.97 Å². The molecule has 1 heterocycles. The van der Waals surface area contributed by atoms with Crippen LogP contribution in [0.1, 0.15) is 16.8 Å². The first-order valence-electron chi connectivity index (χ1n) is 5.30. The molecule has 2 atom stereocenters. The first-order valence-corrected chi connectivity index (χ1v) is 5.30. The van der Waals surface area contributed by atoms with E-state index in [2.05, 4.69) is 0 Å².